The van der Waals surface area contributed by atoms with Crippen molar-refractivity contribution in [2.24, 2.45) is 15.9 Å². The molecule has 4 heteroatoms. The van der Waals surface area contributed by atoms with Gasteiger partial charge in [-0.3, -0.25) is 9.98 Å². The SMILES string of the molecule is C/C(=N\c1c(Cl)cccc1Cl)C1CCCC/C1=N\c1c(C(C)C)cccc1C(C)C. The van der Waals surface area contributed by atoms with Gasteiger partial charge in [-0.2, -0.15) is 0 Å². The first-order valence-electron chi connectivity index (χ1n) is 11.0. The molecule has 1 atom stereocenters. The maximum atomic E-state index is 6.37. The number of aliphatic imine (C=N–C) groups is 2. The molecule has 2 aromatic rings. The Balaban J connectivity index is 2.07. The first kappa shape index (κ1) is 23.0. The third-order valence-electron chi connectivity index (χ3n) is 5.91. The summed E-state index contributed by atoms with van der Waals surface area (Å²) in [5.74, 6) is 1.09. The zero-order chi connectivity index (χ0) is 21.8. The first-order chi connectivity index (χ1) is 14.3. The summed E-state index contributed by atoms with van der Waals surface area (Å²) < 4.78 is 0. The lowest BCUT2D eigenvalue weighted by Crippen LogP contribution is -2.25. The van der Waals surface area contributed by atoms with Gasteiger partial charge in [-0.1, -0.05) is 81.6 Å². The van der Waals surface area contributed by atoms with Crippen LogP contribution in [0.15, 0.2) is 46.4 Å². The van der Waals surface area contributed by atoms with Crippen molar-refractivity contribution in [1.29, 1.82) is 0 Å². The van der Waals surface area contributed by atoms with E-state index < -0.39 is 0 Å². The van der Waals surface area contributed by atoms with Crippen molar-refractivity contribution >= 4 is 46.0 Å². The van der Waals surface area contributed by atoms with Crippen molar-refractivity contribution in [2.75, 3.05) is 0 Å². The number of hydrogen-bond donors (Lipinski definition) is 0. The van der Waals surface area contributed by atoms with Gasteiger partial charge >= 0.3 is 0 Å². The summed E-state index contributed by atoms with van der Waals surface area (Å²) in [7, 11) is 0. The molecule has 1 aliphatic rings. The minimum Gasteiger partial charge on any atom is -0.257 e. The molecule has 2 aromatic carbocycles. The van der Waals surface area contributed by atoms with Gasteiger partial charge in [0.15, 0.2) is 0 Å². The minimum atomic E-state index is 0.228. The molecule has 0 spiro atoms. The summed E-state index contributed by atoms with van der Waals surface area (Å²) in [6.07, 6.45) is 4.45. The van der Waals surface area contributed by atoms with E-state index in [9.17, 15) is 0 Å². The summed E-state index contributed by atoms with van der Waals surface area (Å²) in [5, 5.41) is 1.17. The molecule has 1 unspecified atom stereocenters. The lowest BCUT2D eigenvalue weighted by Gasteiger charge is -2.26. The molecule has 1 saturated carbocycles. The van der Waals surface area contributed by atoms with E-state index >= 15 is 0 Å². The Morgan fingerprint density at radius 2 is 1.43 bits per heavy atom. The van der Waals surface area contributed by atoms with Gasteiger partial charge in [0.25, 0.3) is 0 Å². The molecule has 0 heterocycles. The molecule has 0 amide bonds. The van der Waals surface area contributed by atoms with E-state index in [1.165, 1.54) is 29.7 Å². The zero-order valence-corrected chi connectivity index (χ0v) is 20.2. The van der Waals surface area contributed by atoms with E-state index in [2.05, 4.69) is 52.8 Å². The molecule has 0 aliphatic heterocycles. The summed E-state index contributed by atoms with van der Waals surface area (Å²) in [4.78, 5) is 10.2. The molecule has 160 valence electrons. The van der Waals surface area contributed by atoms with Crippen LogP contribution in [0.4, 0.5) is 11.4 Å². The van der Waals surface area contributed by atoms with Gasteiger partial charge in [0.05, 0.1) is 15.7 Å². The number of halogens is 2. The van der Waals surface area contributed by atoms with Crippen molar-refractivity contribution in [2.45, 2.75) is 72.1 Å². The van der Waals surface area contributed by atoms with Crippen LogP contribution in [0, 0.1) is 5.92 Å². The average molecular weight is 443 g/mol. The normalized spacial score (nSPS) is 19.2. The number of rotatable bonds is 5. The molecule has 30 heavy (non-hydrogen) atoms. The molecular formula is C26H32Cl2N2. The predicted molar refractivity (Wildman–Crippen MR) is 133 cm³/mol. The second-order valence-electron chi connectivity index (χ2n) is 8.82. The second-order valence-corrected chi connectivity index (χ2v) is 9.63. The molecule has 2 nitrogen and oxygen atoms in total. The van der Waals surface area contributed by atoms with Crippen LogP contribution in [0.3, 0.4) is 0 Å². The van der Waals surface area contributed by atoms with E-state index in [1.807, 2.05) is 18.2 Å². The fourth-order valence-corrected chi connectivity index (χ4v) is 4.70. The third-order valence-corrected chi connectivity index (χ3v) is 6.52. The molecule has 0 radical (unpaired) electrons. The van der Waals surface area contributed by atoms with Gasteiger partial charge in [0, 0.05) is 17.3 Å². The number of nitrogens with zero attached hydrogens (tertiary/aromatic N) is 2. The number of benzene rings is 2. The first-order valence-corrected chi connectivity index (χ1v) is 11.7. The summed E-state index contributed by atoms with van der Waals surface area (Å²) in [6.45, 7) is 11.1. The summed E-state index contributed by atoms with van der Waals surface area (Å²) >= 11 is 12.7. The molecular weight excluding hydrogens is 411 g/mol. The Morgan fingerprint density at radius 3 is 2.00 bits per heavy atom. The standard InChI is InChI=1S/C26H32Cl2N2/c1-16(2)19-11-8-12-20(17(3)4)25(19)30-24-15-7-6-10-21(24)18(5)29-26-22(27)13-9-14-23(26)28/h8-9,11-14,16-17,21H,6-7,10,15H2,1-5H3/b29-18+,30-24+. The van der Waals surface area contributed by atoms with E-state index in [0.717, 1.165) is 24.2 Å². The zero-order valence-electron chi connectivity index (χ0n) is 18.7. The molecule has 1 fully saturated rings. The smallest absolute Gasteiger partial charge is 0.100 e. The van der Waals surface area contributed by atoms with Crippen molar-refractivity contribution in [3.63, 3.8) is 0 Å². The molecule has 0 saturated heterocycles. The lowest BCUT2D eigenvalue weighted by molar-refractivity contribution is 0.611. The van der Waals surface area contributed by atoms with E-state index in [-0.39, 0.29) is 5.92 Å². The van der Waals surface area contributed by atoms with E-state index in [0.29, 0.717) is 27.6 Å². The lowest BCUT2D eigenvalue weighted by atomic mass is 9.83. The highest BCUT2D eigenvalue weighted by Crippen LogP contribution is 2.38. The van der Waals surface area contributed by atoms with Crippen molar-refractivity contribution in [1.82, 2.24) is 0 Å². The van der Waals surface area contributed by atoms with E-state index in [4.69, 9.17) is 33.2 Å². The Bertz CT molecular complexity index is 911. The van der Waals surface area contributed by atoms with Crippen molar-refractivity contribution < 1.29 is 0 Å². The highest BCUT2D eigenvalue weighted by atomic mass is 35.5. The van der Waals surface area contributed by atoms with Crippen LogP contribution < -0.4 is 0 Å². The fourth-order valence-electron chi connectivity index (χ4n) is 4.21. The highest BCUT2D eigenvalue weighted by molar-refractivity contribution is 6.39. The van der Waals surface area contributed by atoms with Crippen molar-refractivity contribution in [3.8, 4) is 0 Å². The van der Waals surface area contributed by atoms with Gasteiger partial charge in [-0.15, -0.1) is 0 Å². The molecule has 1 aliphatic carbocycles. The minimum absolute atomic E-state index is 0.228. The maximum Gasteiger partial charge on any atom is 0.100 e. The summed E-state index contributed by atoms with van der Waals surface area (Å²) in [5.41, 5.74) is 6.74. The molecule has 0 bridgehead atoms. The van der Waals surface area contributed by atoms with Crippen molar-refractivity contribution in [3.05, 3.63) is 57.6 Å². The fraction of sp³-hybridized carbons (Fsp3) is 0.462. The third kappa shape index (κ3) is 5.15. The Hall–Kier alpha value is -1.64. The van der Waals surface area contributed by atoms with Gasteiger partial charge in [0.2, 0.25) is 0 Å². The summed E-state index contributed by atoms with van der Waals surface area (Å²) in [6, 6.07) is 12.1. The highest BCUT2D eigenvalue weighted by Gasteiger charge is 2.25. The van der Waals surface area contributed by atoms with Crippen LogP contribution in [-0.2, 0) is 0 Å². The maximum absolute atomic E-state index is 6.37. The number of hydrogen-bond acceptors (Lipinski definition) is 2. The Kier molecular flexibility index (Phi) is 7.76. The van der Waals surface area contributed by atoms with Gasteiger partial charge in [-0.25, -0.2) is 0 Å². The van der Waals surface area contributed by atoms with Crippen LogP contribution >= 0.6 is 23.2 Å². The van der Waals surface area contributed by atoms with Crippen LogP contribution in [0.1, 0.15) is 83.3 Å². The Labute approximate surface area is 191 Å². The van der Waals surface area contributed by atoms with Crippen LogP contribution in [0.25, 0.3) is 0 Å². The van der Waals surface area contributed by atoms with Crippen LogP contribution in [0.2, 0.25) is 10.0 Å². The van der Waals surface area contributed by atoms with Crippen LogP contribution in [0.5, 0.6) is 0 Å². The molecule has 3 rings (SSSR count). The number of para-hydroxylation sites is 2. The Morgan fingerprint density at radius 1 is 0.867 bits per heavy atom. The van der Waals surface area contributed by atoms with Gasteiger partial charge in [-0.05, 0) is 61.3 Å². The topological polar surface area (TPSA) is 24.7 Å². The monoisotopic (exact) mass is 442 g/mol. The van der Waals surface area contributed by atoms with E-state index in [1.54, 1.807) is 0 Å². The average Bonchev–Trinajstić information content (AvgIpc) is 2.71. The largest absolute Gasteiger partial charge is 0.257 e. The molecule has 0 N–H and O–H groups in total. The molecule has 0 aromatic heterocycles. The van der Waals surface area contributed by atoms with Crippen LogP contribution in [-0.4, -0.2) is 11.4 Å². The van der Waals surface area contributed by atoms with Gasteiger partial charge in [0.1, 0.15) is 5.69 Å². The predicted octanol–water partition coefficient (Wildman–Crippen LogP) is 9.30. The quantitative estimate of drug-likeness (QED) is 0.411. The van der Waals surface area contributed by atoms with Gasteiger partial charge < -0.3 is 0 Å². The second kappa shape index (κ2) is 10.1.